The molecule has 0 aliphatic heterocycles. The Kier molecular flexibility index (Phi) is 3.21. The van der Waals surface area contributed by atoms with E-state index in [1.54, 1.807) is 0 Å². The van der Waals surface area contributed by atoms with Crippen LogP contribution in [0.25, 0.3) is 22.8 Å². The summed E-state index contributed by atoms with van der Waals surface area (Å²) in [5.41, 5.74) is 0.506. The van der Waals surface area contributed by atoms with Gasteiger partial charge in [0.25, 0.3) is 5.89 Å². The summed E-state index contributed by atoms with van der Waals surface area (Å²) in [5.74, 6) is 0.577. The van der Waals surface area contributed by atoms with Crippen molar-refractivity contribution in [3.05, 3.63) is 60.2 Å². The lowest BCUT2D eigenvalue weighted by Gasteiger charge is -2.05. The van der Waals surface area contributed by atoms with Crippen LogP contribution in [0.5, 0.6) is 0 Å². The highest BCUT2D eigenvalue weighted by molar-refractivity contribution is 5.59. The van der Waals surface area contributed by atoms with Crippen molar-refractivity contribution in [1.29, 1.82) is 0 Å². The van der Waals surface area contributed by atoms with Gasteiger partial charge in [-0.3, -0.25) is 0 Å². The number of halogens is 3. The van der Waals surface area contributed by atoms with Gasteiger partial charge in [-0.1, -0.05) is 35.5 Å². The highest BCUT2D eigenvalue weighted by Gasteiger charge is 2.30. The average Bonchev–Trinajstić information content (AvgIpc) is 2.97. The fraction of sp³-hybridized carbons (Fsp3) is 0.0667. The van der Waals surface area contributed by atoms with Crippen LogP contribution < -0.4 is 0 Å². The number of hydrogen-bond donors (Lipinski definition) is 0. The van der Waals surface area contributed by atoms with Crippen LogP contribution in [0.4, 0.5) is 13.2 Å². The molecule has 3 aromatic rings. The molecule has 3 nitrogen and oxygen atoms in total. The third-order valence-electron chi connectivity index (χ3n) is 2.92. The molecule has 0 N–H and O–H groups in total. The Balaban J connectivity index is 1.90. The topological polar surface area (TPSA) is 38.9 Å². The molecule has 0 aliphatic rings. The molecule has 6 heteroatoms. The second-order valence-corrected chi connectivity index (χ2v) is 4.36. The van der Waals surface area contributed by atoms with Crippen molar-refractivity contribution in [2.75, 3.05) is 0 Å². The van der Waals surface area contributed by atoms with Crippen molar-refractivity contribution in [2.24, 2.45) is 0 Å². The normalized spacial score (nSPS) is 11.6. The Morgan fingerprint density at radius 3 is 2.10 bits per heavy atom. The maximum absolute atomic E-state index is 12.5. The van der Waals surface area contributed by atoms with E-state index >= 15 is 0 Å². The van der Waals surface area contributed by atoms with Gasteiger partial charge < -0.3 is 4.52 Å². The van der Waals surface area contributed by atoms with Crippen molar-refractivity contribution < 1.29 is 17.7 Å². The number of aromatic nitrogens is 2. The van der Waals surface area contributed by atoms with E-state index in [0.29, 0.717) is 11.4 Å². The predicted molar refractivity (Wildman–Crippen MR) is 70.2 cm³/mol. The molecule has 1 aromatic heterocycles. The van der Waals surface area contributed by atoms with E-state index in [9.17, 15) is 13.2 Å². The molecule has 21 heavy (non-hydrogen) atoms. The minimum Gasteiger partial charge on any atom is -0.334 e. The molecule has 106 valence electrons. The van der Waals surface area contributed by atoms with Crippen molar-refractivity contribution in [3.63, 3.8) is 0 Å². The van der Waals surface area contributed by atoms with Crippen molar-refractivity contribution in [3.8, 4) is 22.8 Å². The Bertz CT molecular complexity index is 734. The van der Waals surface area contributed by atoms with Crippen LogP contribution in [0.1, 0.15) is 5.56 Å². The molecule has 0 aliphatic carbocycles. The van der Waals surface area contributed by atoms with E-state index < -0.39 is 11.7 Å². The van der Waals surface area contributed by atoms with Gasteiger partial charge in [0.05, 0.1) is 5.56 Å². The fourth-order valence-corrected chi connectivity index (χ4v) is 1.85. The van der Waals surface area contributed by atoms with E-state index in [-0.39, 0.29) is 5.89 Å². The van der Waals surface area contributed by atoms with Gasteiger partial charge in [0.15, 0.2) is 0 Å². The number of nitrogens with zero attached hydrogens (tertiary/aromatic N) is 2. The molecule has 0 saturated carbocycles. The SMILES string of the molecule is FC(F)(F)c1ccc(-c2nc(-c3ccccc3)no2)cc1. The largest absolute Gasteiger partial charge is 0.416 e. The molecule has 0 saturated heterocycles. The molecule has 0 fully saturated rings. The average molecular weight is 290 g/mol. The van der Waals surface area contributed by atoms with Crippen LogP contribution in [0, 0.1) is 0 Å². The van der Waals surface area contributed by atoms with Crippen LogP contribution in [0.3, 0.4) is 0 Å². The summed E-state index contributed by atoms with van der Waals surface area (Å²) < 4.78 is 42.6. The van der Waals surface area contributed by atoms with Gasteiger partial charge in [-0.25, -0.2) is 0 Å². The summed E-state index contributed by atoms with van der Waals surface area (Å²) >= 11 is 0. The van der Waals surface area contributed by atoms with Crippen LogP contribution in [0.2, 0.25) is 0 Å². The van der Waals surface area contributed by atoms with Crippen molar-refractivity contribution >= 4 is 0 Å². The fourth-order valence-electron chi connectivity index (χ4n) is 1.85. The minimum atomic E-state index is -4.36. The zero-order valence-corrected chi connectivity index (χ0v) is 10.6. The molecule has 3 rings (SSSR count). The quantitative estimate of drug-likeness (QED) is 0.701. The monoisotopic (exact) mass is 290 g/mol. The Morgan fingerprint density at radius 2 is 1.48 bits per heavy atom. The first-order valence-electron chi connectivity index (χ1n) is 6.11. The molecule has 0 spiro atoms. The summed E-state index contributed by atoms with van der Waals surface area (Å²) in [7, 11) is 0. The number of hydrogen-bond acceptors (Lipinski definition) is 3. The van der Waals surface area contributed by atoms with E-state index in [4.69, 9.17) is 4.52 Å². The number of alkyl halides is 3. The minimum absolute atomic E-state index is 0.183. The zero-order chi connectivity index (χ0) is 14.9. The van der Waals surface area contributed by atoms with Crippen LogP contribution in [-0.4, -0.2) is 10.1 Å². The van der Waals surface area contributed by atoms with Crippen LogP contribution in [0.15, 0.2) is 59.1 Å². The van der Waals surface area contributed by atoms with Crippen LogP contribution in [-0.2, 0) is 6.18 Å². The van der Waals surface area contributed by atoms with E-state index in [1.807, 2.05) is 30.3 Å². The maximum Gasteiger partial charge on any atom is 0.416 e. The van der Waals surface area contributed by atoms with Gasteiger partial charge in [-0.05, 0) is 24.3 Å². The smallest absolute Gasteiger partial charge is 0.334 e. The summed E-state index contributed by atoms with van der Waals surface area (Å²) in [4.78, 5) is 4.18. The number of benzene rings is 2. The zero-order valence-electron chi connectivity index (χ0n) is 10.6. The van der Waals surface area contributed by atoms with E-state index in [1.165, 1.54) is 12.1 Å². The van der Waals surface area contributed by atoms with Crippen molar-refractivity contribution in [2.45, 2.75) is 6.18 Å². The predicted octanol–water partition coefficient (Wildman–Crippen LogP) is 4.42. The molecular weight excluding hydrogens is 281 g/mol. The Morgan fingerprint density at radius 1 is 0.810 bits per heavy atom. The summed E-state index contributed by atoms with van der Waals surface area (Å²) in [6.45, 7) is 0. The third kappa shape index (κ3) is 2.79. The number of rotatable bonds is 2. The van der Waals surface area contributed by atoms with Gasteiger partial charge in [0.2, 0.25) is 5.82 Å². The Labute approximate surface area is 118 Å². The second kappa shape index (κ2) is 5.05. The first-order valence-corrected chi connectivity index (χ1v) is 6.11. The van der Waals surface area contributed by atoms with E-state index in [2.05, 4.69) is 10.1 Å². The second-order valence-electron chi connectivity index (χ2n) is 4.36. The lowest BCUT2D eigenvalue weighted by Crippen LogP contribution is -2.03. The molecule has 0 amide bonds. The molecule has 0 atom stereocenters. The van der Waals surface area contributed by atoms with Crippen LogP contribution >= 0.6 is 0 Å². The maximum atomic E-state index is 12.5. The third-order valence-corrected chi connectivity index (χ3v) is 2.92. The summed E-state index contributed by atoms with van der Waals surface area (Å²) in [5, 5.41) is 3.83. The van der Waals surface area contributed by atoms with Gasteiger partial charge in [0, 0.05) is 11.1 Å². The van der Waals surface area contributed by atoms with Gasteiger partial charge in [0.1, 0.15) is 0 Å². The molecule has 0 bridgehead atoms. The van der Waals surface area contributed by atoms with Gasteiger partial charge in [-0.2, -0.15) is 18.2 Å². The lowest BCUT2D eigenvalue weighted by atomic mass is 10.1. The highest BCUT2D eigenvalue weighted by atomic mass is 19.4. The van der Waals surface area contributed by atoms with Gasteiger partial charge >= 0.3 is 6.18 Å². The summed E-state index contributed by atoms with van der Waals surface area (Å²) in [6, 6.07) is 13.8. The molecule has 2 aromatic carbocycles. The molecule has 0 radical (unpaired) electrons. The molecular formula is C15H9F3N2O. The lowest BCUT2D eigenvalue weighted by molar-refractivity contribution is -0.137. The highest BCUT2D eigenvalue weighted by Crippen LogP contribution is 2.31. The van der Waals surface area contributed by atoms with E-state index in [0.717, 1.165) is 17.7 Å². The molecule has 0 unspecified atom stereocenters. The van der Waals surface area contributed by atoms with Gasteiger partial charge in [-0.15, -0.1) is 0 Å². The standard InChI is InChI=1S/C15H9F3N2O/c16-15(17,18)12-8-6-11(7-9-12)14-19-13(20-21-14)10-4-2-1-3-5-10/h1-9H. The molecule has 1 heterocycles. The van der Waals surface area contributed by atoms with Crippen molar-refractivity contribution in [1.82, 2.24) is 10.1 Å². The Hall–Kier alpha value is -2.63. The summed E-state index contributed by atoms with van der Waals surface area (Å²) in [6.07, 6.45) is -4.36. The first-order chi connectivity index (χ1) is 10.0. The first kappa shape index (κ1) is 13.4.